The van der Waals surface area contributed by atoms with Gasteiger partial charge >= 0.3 is 23.2 Å². The zero-order valence-electron chi connectivity index (χ0n) is 14.4. The number of rotatable bonds is 2. The molecule has 0 aliphatic rings. The van der Waals surface area contributed by atoms with E-state index in [0.29, 0.717) is 19.8 Å². The second-order valence-corrected chi connectivity index (χ2v) is 5.42. The molecule has 0 radical (unpaired) electrons. The number of hydrogen-bond donors (Lipinski definition) is 2. The van der Waals surface area contributed by atoms with Gasteiger partial charge in [0.25, 0.3) is 0 Å². The van der Waals surface area contributed by atoms with Crippen LogP contribution in [0.2, 0.25) is 0 Å². The van der Waals surface area contributed by atoms with Crippen LogP contribution in [0.15, 0.2) is 54.6 Å². The van der Waals surface area contributed by atoms with E-state index in [1.54, 1.807) is 0 Å². The number of benzene rings is 3. The molecule has 3 aromatic rings. The van der Waals surface area contributed by atoms with Gasteiger partial charge in [-0.15, -0.1) is 35.4 Å². The number of phenolic OH excluding ortho intramolecular Hbond substituents is 2. The molecule has 0 heterocycles. The summed E-state index contributed by atoms with van der Waals surface area (Å²) in [7, 11) is 0. The van der Waals surface area contributed by atoms with Crippen LogP contribution in [-0.2, 0) is 23.2 Å². The van der Waals surface area contributed by atoms with E-state index in [0.717, 1.165) is 33.4 Å². The maximum atomic E-state index is 10.2. The van der Waals surface area contributed by atoms with Crippen LogP contribution >= 0.6 is 0 Å². The van der Waals surface area contributed by atoms with Gasteiger partial charge in [-0.05, 0) is 36.1 Å². The Balaban J connectivity index is 0.00000101. The molecular weight excluding hydrogens is 396 g/mol. The van der Waals surface area contributed by atoms with Crippen LogP contribution in [0, 0.1) is 27.3 Å². The summed E-state index contributed by atoms with van der Waals surface area (Å²) in [6, 6.07) is 20.3. The molecule has 0 saturated carbocycles. The molecule has 0 spiro atoms. The fraction of sp³-hybridized carbons (Fsp3) is 0.0952. The quantitative estimate of drug-likeness (QED) is 0.447. The van der Waals surface area contributed by atoms with Crippen molar-refractivity contribution in [1.82, 2.24) is 0 Å². The van der Waals surface area contributed by atoms with Crippen LogP contribution in [0.1, 0.15) is 11.1 Å². The van der Waals surface area contributed by atoms with Gasteiger partial charge in [-0.2, -0.15) is 0 Å². The first kappa shape index (κ1) is 20.8. The normalized spacial score (nSPS) is 9.52. The number of para-hydroxylation sites is 2. The molecule has 0 fully saturated rings. The van der Waals surface area contributed by atoms with Crippen LogP contribution in [-0.4, -0.2) is 10.2 Å². The van der Waals surface area contributed by atoms with Crippen molar-refractivity contribution in [3.8, 4) is 33.8 Å². The zero-order chi connectivity index (χ0) is 17.7. The summed E-state index contributed by atoms with van der Waals surface area (Å²) in [4.78, 5) is 0. The summed E-state index contributed by atoms with van der Waals surface area (Å²) in [5, 5.41) is 20.5. The molecule has 0 amide bonds. The summed E-state index contributed by atoms with van der Waals surface area (Å²) >= 11 is 0.700. The third-order valence-electron chi connectivity index (χ3n) is 3.85. The Bertz CT molecular complexity index is 793. The molecule has 0 aliphatic heterocycles. The van der Waals surface area contributed by atoms with Crippen molar-refractivity contribution in [3.63, 3.8) is 0 Å². The van der Waals surface area contributed by atoms with Gasteiger partial charge in [0.2, 0.25) is 0 Å². The van der Waals surface area contributed by atoms with E-state index < -0.39 is 0 Å². The summed E-state index contributed by atoms with van der Waals surface area (Å²) in [5.74, 6) is 0.536. The van der Waals surface area contributed by atoms with Crippen molar-refractivity contribution < 1.29 is 33.4 Å². The van der Waals surface area contributed by atoms with E-state index in [4.69, 9.17) is 3.40 Å². The van der Waals surface area contributed by atoms with Crippen LogP contribution in [0.25, 0.3) is 22.3 Å². The Labute approximate surface area is 160 Å². The molecule has 0 saturated heterocycles. The van der Waals surface area contributed by atoms with Crippen LogP contribution < -0.4 is 0 Å². The van der Waals surface area contributed by atoms with Crippen LogP contribution in [0.4, 0.5) is 0 Å². The summed E-state index contributed by atoms with van der Waals surface area (Å²) < 4.78 is 8.26. The number of hydrogen-bond acceptors (Lipinski definition) is 3. The topological polar surface area (TPSA) is 57.5 Å². The molecule has 3 nitrogen and oxygen atoms in total. The fourth-order valence-electron chi connectivity index (χ4n) is 2.54. The predicted octanol–water partition coefficient (Wildman–Crippen LogP) is 5.18. The molecule has 3 aromatic carbocycles. The molecule has 0 aliphatic carbocycles. The van der Waals surface area contributed by atoms with Crippen molar-refractivity contribution in [2.75, 3.05) is 0 Å². The first-order valence-corrected chi connectivity index (χ1v) is 8.17. The average molecular weight is 416 g/mol. The number of aromatic hydroxyl groups is 2. The molecule has 0 aromatic heterocycles. The summed E-state index contributed by atoms with van der Waals surface area (Å²) in [6.07, 6.45) is 0. The molecule has 25 heavy (non-hydrogen) atoms. The van der Waals surface area contributed by atoms with Crippen molar-refractivity contribution in [2.45, 2.75) is 13.8 Å². The Kier molecular flexibility index (Phi) is 7.73. The van der Waals surface area contributed by atoms with Gasteiger partial charge in [-0.1, -0.05) is 36.4 Å². The molecule has 0 atom stereocenters. The zero-order valence-corrected chi connectivity index (χ0v) is 16.4. The molecular formula is C21H20MoO3-2. The Morgan fingerprint density at radius 3 is 1.48 bits per heavy atom. The van der Waals surface area contributed by atoms with Gasteiger partial charge in [0.1, 0.15) is 0 Å². The molecule has 2 N–H and O–H groups in total. The second-order valence-electron chi connectivity index (χ2n) is 5.42. The van der Waals surface area contributed by atoms with Gasteiger partial charge in [0.05, 0.1) is 11.5 Å². The van der Waals surface area contributed by atoms with E-state index >= 15 is 0 Å². The van der Waals surface area contributed by atoms with Crippen LogP contribution in [0.3, 0.4) is 0 Å². The van der Waals surface area contributed by atoms with Gasteiger partial charge in [-0.25, -0.2) is 0 Å². The maximum absolute atomic E-state index is 10.2. The minimum atomic E-state index is 0. The van der Waals surface area contributed by atoms with Crippen molar-refractivity contribution in [2.24, 2.45) is 0 Å². The first-order valence-electron chi connectivity index (χ1n) is 7.35. The number of aryl methyl sites for hydroxylation is 2. The molecule has 4 heteroatoms. The Morgan fingerprint density at radius 1 is 0.720 bits per heavy atom. The van der Waals surface area contributed by atoms with Crippen molar-refractivity contribution in [1.29, 1.82) is 0 Å². The Morgan fingerprint density at radius 2 is 1.08 bits per heavy atom. The fourth-order valence-corrected chi connectivity index (χ4v) is 2.54. The summed E-state index contributed by atoms with van der Waals surface area (Å²) in [5.41, 5.74) is 4.76. The van der Waals surface area contributed by atoms with E-state index in [-0.39, 0.29) is 18.9 Å². The molecule has 0 bridgehead atoms. The monoisotopic (exact) mass is 418 g/mol. The van der Waals surface area contributed by atoms with E-state index in [2.05, 4.69) is 6.07 Å². The van der Waals surface area contributed by atoms with Crippen molar-refractivity contribution in [3.05, 3.63) is 79.2 Å². The third-order valence-corrected chi connectivity index (χ3v) is 3.85. The summed E-state index contributed by atoms with van der Waals surface area (Å²) in [6.45, 7) is 3.74. The van der Waals surface area contributed by atoms with Gasteiger partial charge in [0.15, 0.2) is 0 Å². The van der Waals surface area contributed by atoms with Gasteiger partial charge in [-0.3, -0.25) is 0 Å². The van der Waals surface area contributed by atoms with Gasteiger partial charge < -0.3 is 17.6 Å². The second kappa shape index (κ2) is 9.29. The predicted molar refractivity (Wildman–Crippen MR) is 96.1 cm³/mol. The molecule has 0 unspecified atom stereocenters. The van der Waals surface area contributed by atoms with Crippen LogP contribution in [0.5, 0.6) is 11.5 Å². The van der Waals surface area contributed by atoms with E-state index in [1.807, 2.05) is 68.4 Å². The third kappa shape index (κ3) is 4.43. The van der Waals surface area contributed by atoms with E-state index in [1.165, 1.54) is 0 Å². The van der Waals surface area contributed by atoms with Gasteiger partial charge in [0, 0.05) is 0 Å². The first-order chi connectivity index (χ1) is 11.6. The SMILES string of the molecule is Cc1cccc(-c2[c-]c(-c3cccc(C)c3O)ccc2)c1O.[CH3-].[O]=[Mo]. The molecule has 130 valence electrons. The molecule has 3 rings (SSSR count). The number of phenols is 2. The Hall–Kier alpha value is -2.25. The average Bonchev–Trinajstić information content (AvgIpc) is 2.61. The standard InChI is InChI=1S/C20H17O2.CH3.Mo.O/c1-13-6-3-10-17(19(13)21)15-8-5-9-16(12-15)18-11-4-7-14(2)20(18)22;;;/h3-11,21-22H,1-2H3;1H3;;/q2*-1;;. The van der Waals surface area contributed by atoms with E-state index in [9.17, 15) is 10.2 Å². The minimum absolute atomic E-state index is 0. The van der Waals surface area contributed by atoms with Crippen molar-refractivity contribution >= 4 is 0 Å².